The summed E-state index contributed by atoms with van der Waals surface area (Å²) in [7, 11) is 0. The molecule has 0 saturated heterocycles. The maximum Gasteiger partial charge on any atom is 0.0994 e. The first-order chi connectivity index (χ1) is 13.2. The molecule has 8 atom stereocenters. The molecule has 1 aromatic rings. The number of nitrogens with zero attached hydrogens (tertiary/aromatic N) is 2. The molecule has 0 aromatic carbocycles. The van der Waals surface area contributed by atoms with E-state index in [0.29, 0.717) is 24.7 Å². The largest absolute Gasteiger partial charge is 0.393 e. The van der Waals surface area contributed by atoms with Gasteiger partial charge < -0.3 is 15.3 Å². The lowest BCUT2D eigenvalue weighted by Crippen LogP contribution is -2.64. The van der Waals surface area contributed by atoms with Crippen molar-refractivity contribution in [2.45, 2.75) is 88.9 Å². The topological polar surface area (TPSA) is 86.5 Å². The van der Waals surface area contributed by atoms with E-state index in [4.69, 9.17) is 0 Å². The van der Waals surface area contributed by atoms with Gasteiger partial charge in [-0.05, 0) is 87.0 Å². The van der Waals surface area contributed by atoms with E-state index in [1.165, 1.54) is 0 Å². The molecular weight excluding hydrogens is 352 g/mol. The van der Waals surface area contributed by atoms with Gasteiger partial charge in [0, 0.05) is 17.2 Å². The number of hydrogen-bond acceptors (Lipinski definition) is 5. The molecule has 4 fully saturated rings. The molecule has 3 N–H and O–H groups in total. The van der Waals surface area contributed by atoms with Crippen LogP contribution >= 0.6 is 0 Å². The molecule has 1 heterocycles. The van der Waals surface area contributed by atoms with E-state index < -0.39 is 16.6 Å². The maximum atomic E-state index is 12.2. The van der Waals surface area contributed by atoms with E-state index in [2.05, 4.69) is 24.0 Å². The number of aliphatic hydroxyl groups is 3. The highest BCUT2D eigenvalue weighted by Crippen LogP contribution is 2.71. The maximum absolute atomic E-state index is 12.2. The third-order valence-corrected chi connectivity index (χ3v) is 10.0. The third-order valence-electron chi connectivity index (χ3n) is 10.0. The zero-order valence-corrected chi connectivity index (χ0v) is 17.1. The van der Waals surface area contributed by atoms with Crippen molar-refractivity contribution in [1.82, 2.24) is 10.2 Å². The zero-order valence-electron chi connectivity index (χ0n) is 17.1. The SMILES string of the molecule is C[C@]12CC[C@H](O)C[C@@H]1CC[C@@H]1[C@@H]2CC[C@]2(C)[C@@](O)(c3ccnnc3)CC[C@]12O. The molecule has 0 amide bonds. The van der Waals surface area contributed by atoms with E-state index in [9.17, 15) is 15.3 Å². The van der Waals surface area contributed by atoms with Crippen LogP contribution in [0.2, 0.25) is 0 Å². The first-order valence-electron chi connectivity index (χ1n) is 11.1. The molecule has 0 radical (unpaired) electrons. The Morgan fingerprint density at radius 3 is 2.50 bits per heavy atom. The summed E-state index contributed by atoms with van der Waals surface area (Å²) in [6, 6.07) is 1.86. The minimum Gasteiger partial charge on any atom is -0.393 e. The van der Waals surface area contributed by atoms with Gasteiger partial charge in [0.2, 0.25) is 0 Å². The molecule has 154 valence electrons. The number of hydrogen-bond donors (Lipinski definition) is 3. The van der Waals surface area contributed by atoms with Crippen molar-refractivity contribution in [1.29, 1.82) is 0 Å². The van der Waals surface area contributed by atoms with Crippen LogP contribution in [0.15, 0.2) is 18.5 Å². The Kier molecular flexibility index (Phi) is 4.06. The van der Waals surface area contributed by atoms with Gasteiger partial charge in [-0.1, -0.05) is 13.8 Å². The van der Waals surface area contributed by atoms with Gasteiger partial charge in [-0.3, -0.25) is 0 Å². The number of fused-ring (bicyclic) bond motifs is 5. The van der Waals surface area contributed by atoms with Gasteiger partial charge in [0.05, 0.1) is 23.5 Å². The van der Waals surface area contributed by atoms with Crippen molar-refractivity contribution in [3.63, 3.8) is 0 Å². The van der Waals surface area contributed by atoms with Crippen LogP contribution in [0, 0.1) is 28.6 Å². The molecule has 1 aromatic heterocycles. The lowest BCUT2D eigenvalue weighted by Gasteiger charge is -2.64. The smallest absolute Gasteiger partial charge is 0.0994 e. The lowest BCUT2D eigenvalue weighted by molar-refractivity contribution is -0.238. The van der Waals surface area contributed by atoms with E-state index in [1.807, 2.05) is 6.07 Å². The first-order valence-corrected chi connectivity index (χ1v) is 11.1. The fourth-order valence-electron chi connectivity index (χ4n) is 8.22. The van der Waals surface area contributed by atoms with Crippen molar-refractivity contribution in [2.24, 2.45) is 28.6 Å². The minimum atomic E-state index is -1.05. The van der Waals surface area contributed by atoms with E-state index in [0.717, 1.165) is 50.5 Å². The Labute approximate surface area is 167 Å². The molecule has 4 saturated carbocycles. The van der Waals surface area contributed by atoms with Crippen LogP contribution in [0.25, 0.3) is 0 Å². The fourth-order valence-corrected chi connectivity index (χ4v) is 8.22. The van der Waals surface area contributed by atoms with Crippen LogP contribution in [-0.4, -0.2) is 37.2 Å². The van der Waals surface area contributed by atoms with Crippen LogP contribution in [0.1, 0.15) is 77.2 Å². The molecule has 0 spiro atoms. The van der Waals surface area contributed by atoms with Gasteiger partial charge in [0.25, 0.3) is 0 Å². The van der Waals surface area contributed by atoms with Gasteiger partial charge in [0.15, 0.2) is 0 Å². The van der Waals surface area contributed by atoms with E-state index in [1.54, 1.807) is 12.4 Å². The second kappa shape index (κ2) is 5.99. The average molecular weight is 387 g/mol. The normalized spacial score (nSPS) is 53.2. The van der Waals surface area contributed by atoms with E-state index in [-0.39, 0.29) is 17.4 Å². The highest BCUT2D eigenvalue weighted by molar-refractivity contribution is 5.30. The van der Waals surface area contributed by atoms with Crippen LogP contribution in [-0.2, 0) is 5.60 Å². The number of rotatable bonds is 1. The molecular formula is C23H34N2O3. The van der Waals surface area contributed by atoms with Gasteiger partial charge in [0.1, 0.15) is 0 Å². The molecule has 4 aliphatic carbocycles. The minimum absolute atomic E-state index is 0.151. The standard InChI is InChI=1S/C23H34N2O3/c1-20-8-5-17(26)13-15(20)3-4-19-18(20)6-9-21(2)22(27,10-11-23(19,21)28)16-7-12-24-25-14-16/h7,12,14-15,17-19,26-28H,3-6,8-11,13H2,1-2H3/t15-,17-,18-,19+,20-,21+,22-,23-/m0/s1. The number of aliphatic hydroxyl groups excluding tert-OH is 1. The molecule has 5 nitrogen and oxygen atoms in total. The quantitative estimate of drug-likeness (QED) is 0.690. The summed E-state index contributed by atoms with van der Waals surface area (Å²) < 4.78 is 0. The van der Waals surface area contributed by atoms with Crippen LogP contribution in [0.5, 0.6) is 0 Å². The molecule has 0 aliphatic heterocycles. The molecule has 4 aliphatic rings. The summed E-state index contributed by atoms with van der Waals surface area (Å²) in [5.74, 6) is 1.27. The second-order valence-corrected chi connectivity index (χ2v) is 10.7. The summed E-state index contributed by atoms with van der Waals surface area (Å²) >= 11 is 0. The average Bonchev–Trinajstić information content (AvgIpc) is 2.91. The van der Waals surface area contributed by atoms with Crippen molar-refractivity contribution in [3.05, 3.63) is 24.0 Å². The molecule has 5 rings (SSSR count). The monoisotopic (exact) mass is 386 g/mol. The van der Waals surface area contributed by atoms with Crippen molar-refractivity contribution < 1.29 is 15.3 Å². The third kappa shape index (κ3) is 2.19. The van der Waals surface area contributed by atoms with Crippen molar-refractivity contribution >= 4 is 0 Å². The summed E-state index contributed by atoms with van der Waals surface area (Å²) in [4.78, 5) is 0. The van der Waals surface area contributed by atoms with Crippen molar-refractivity contribution in [2.75, 3.05) is 0 Å². The Morgan fingerprint density at radius 2 is 1.75 bits per heavy atom. The van der Waals surface area contributed by atoms with Crippen molar-refractivity contribution in [3.8, 4) is 0 Å². The number of aromatic nitrogens is 2. The summed E-state index contributed by atoms with van der Waals surface area (Å²) in [5, 5.41) is 42.1. The highest BCUT2D eigenvalue weighted by atomic mass is 16.3. The van der Waals surface area contributed by atoms with Crippen LogP contribution < -0.4 is 0 Å². The Hall–Kier alpha value is -1.04. The molecule has 0 bridgehead atoms. The lowest BCUT2D eigenvalue weighted by atomic mass is 9.43. The first kappa shape index (κ1) is 19.0. The zero-order chi connectivity index (χ0) is 19.8. The predicted octanol–water partition coefficient (Wildman–Crippen LogP) is 3.18. The molecule has 5 heteroatoms. The van der Waals surface area contributed by atoms with Gasteiger partial charge in [-0.15, -0.1) is 0 Å². The van der Waals surface area contributed by atoms with E-state index >= 15 is 0 Å². The fraction of sp³-hybridized carbons (Fsp3) is 0.826. The molecule has 28 heavy (non-hydrogen) atoms. The van der Waals surface area contributed by atoms with Crippen LogP contribution in [0.3, 0.4) is 0 Å². The predicted molar refractivity (Wildman–Crippen MR) is 105 cm³/mol. The summed E-state index contributed by atoms with van der Waals surface area (Å²) in [5.41, 5.74) is -1.47. The second-order valence-electron chi connectivity index (χ2n) is 10.7. The van der Waals surface area contributed by atoms with Crippen LogP contribution in [0.4, 0.5) is 0 Å². The Bertz CT molecular complexity index is 759. The van der Waals surface area contributed by atoms with Gasteiger partial charge >= 0.3 is 0 Å². The van der Waals surface area contributed by atoms with Gasteiger partial charge in [-0.2, -0.15) is 10.2 Å². The summed E-state index contributed by atoms with van der Waals surface area (Å²) in [6.45, 7) is 4.52. The summed E-state index contributed by atoms with van der Waals surface area (Å²) in [6.07, 6.45) is 11.2. The van der Waals surface area contributed by atoms with Gasteiger partial charge in [-0.25, -0.2) is 0 Å². The molecule has 0 unspecified atom stereocenters. The highest BCUT2D eigenvalue weighted by Gasteiger charge is 2.72. The Morgan fingerprint density at radius 1 is 0.929 bits per heavy atom. The Balaban J connectivity index is 1.52.